The van der Waals surface area contributed by atoms with Crippen molar-refractivity contribution in [3.63, 3.8) is 0 Å². The van der Waals surface area contributed by atoms with Gasteiger partial charge in [-0.2, -0.15) is 0 Å². The first kappa shape index (κ1) is 18.4. The molecule has 132 valence electrons. The minimum Gasteiger partial charge on any atom is -0.383 e. The molecule has 0 heterocycles. The van der Waals surface area contributed by atoms with Gasteiger partial charge in [0, 0.05) is 30.9 Å². The Morgan fingerprint density at radius 3 is 2.50 bits per heavy atom. The predicted molar refractivity (Wildman–Crippen MR) is 94.2 cm³/mol. The molecule has 1 aromatic rings. The fourth-order valence-corrected chi connectivity index (χ4v) is 2.80. The molecule has 1 fully saturated rings. The predicted octanol–water partition coefficient (Wildman–Crippen LogP) is 1.92. The summed E-state index contributed by atoms with van der Waals surface area (Å²) in [6.45, 7) is 1.43. The Kier molecular flexibility index (Phi) is 7.71. The van der Waals surface area contributed by atoms with Crippen LogP contribution in [0.15, 0.2) is 24.3 Å². The summed E-state index contributed by atoms with van der Waals surface area (Å²) in [5.74, 6) is -0.161. The van der Waals surface area contributed by atoms with Crippen LogP contribution in [-0.2, 0) is 9.53 Å². The van der Waals surface area contributed by atoms with Gasteiger partial charge < -0.3 is 20.7 Å². The van der Waals surface area contributed by atoms with Crippen LogP contribution in [0.3, 0.4) is 0 Å². The Balaban J connectivity index is 1.77. The summed E-state index contributed by atoms with van der Waals surface area (Å²) in [6, 6.07) is 7.29. The highest BCUT2D eigenvalue weighted by Gasteiger charge is 2.16. The molecule has 0 unspecified atom stereocenters. The van der Waals surface area contributed by atoms with Crippen molar-refractivity contribution in [2.24, 2.45) is 0 Å². The molecule has 1 aliphatic rings. The Bertz CT molecular complexity index is 525. The van der Waals surface area contributed by atoms with Crippen LogP contribution in [0.5, 0.6) is 0 Å². The van der Waals surface area contributed by atoms with Gasteiger partial charge >= 0.3 is 0 Å². The lowest BCUT2D eigenvalue weighted by Crippen LogP contribution is -2.36. The number of benzene rings is 1. The topological polar surface area (TPSA) is 79.5 Å². The molecule has 0 aliphatic heterocycles. The highest BCUT2D eigenvalue weighted by molar-refractivity contribution is 5.96. The van der Waals surface area contributed by atoms with Crippen LogP contribution in [0.4, 0.5) is 5.69 Å². The Morgan fingerprint density at radius 2 is 1.83 bits per heavy atom. The third-order valence-corrected chi connectivity index (χ3v) is 4.14. The van der Waals surface area contributed by atoms with Crippen LogP contribution < -0.4 is 16.0 Å². The molecule has 0 aromatic heterocycles. The quantitative estimate of drug-likeness (QED) is 0.635. The van der Waals surface area contributed by atoms with E-state index < -0.39 is 0 Å². The number of hydrogen-bond donors (Lipinski definition) is 3. The van der Waals surface area contributed by atoms with Gasteiger partial charge in [0.2, 0.25) is 5.91 Å². The lowest BCUT2D eigenvalue weighted by Gasteiger charge is -2.22. The molecule has 0 bridgehead atoms. The first-order valence-electron chi connectivity index (χ1n) is 8.59. The van der Waals surface area contributed by atoms with E-state index in [4.69, 9.17) is 4.74 Å². The van der Waals surface area contributed by atoms with Crippen LogP contribution in [0.2, 0.25) is 0 Å². The van der Waals surface area contributed by atoms with Gasteiger partial charge in [-0.1, -0.05) is 19.3 Å². The molecule has 0 radical (unpaired) electrons. The number of nitrogens with one attached hydrogen (secondary N) is 3. The summed E-state index contributed by atoms with van der Waals surface area (Å²) in [6.07, 6.45) is 5.77. The van der Waals surface area contributed by atoms with E-state index in [9.17, 15) is 9.59 Å². The maximum atomic E-state index is 12.2. The van der Waals surface area contributed by atoms with Gasteiger partial charge in [0.05, 0.1) is 13.2 Å². The molecule has 0 spiro atoms. The lowest BCUT2D eigenvalue weighted by atomic mass is 9.95. The van der Waals surface area contributed by atoms with E-state index in [1.807, 2.05) is 0 Å². The second-order valence-corrected chi connectivity index (χ2v) is 6.10. The maximum Gasteiger partial charge on any atom is 0.251 e. The van der Waals surface area contributed by atoms with Gasteiger partial charge in [0.1, 0.15) is 0 Å². The van der Waals surface area contributed by atoms with Crippen molar-refractivity contribution in [2.75, 3.05) is 32.1 Å². The largest absolute Gasteiger partial charge is 0.383 e. The van der Waals surface area contributed by atoms with Gasteiger partial charge in [-0.05, 0) is 37.1 Å². The number of carbonyl (C=O) groups excluding carboxylic acids is 2. The molecule has 0 atom stereocenters. The van der Waals surface area contributed by atoms with E-state index >= 15 is 0 Å². The van der Waals surface area contributed by atoms with Crippen molar-refractivity contribution in [3.05, 3.63) is 29.8 Å². The smallest absolute Gasteiger partial charge is 0.251 e. The molecule has 3 N–H and O–H groups in total. The second kappa shape index (κ2) is 10.1. The van der Waals surface area contributed by atoms with Crippen LogP contribution >= 0.6 is 0 Å². The zero-order valence-electron chi connectivity index (χ0n) is 14.3. The number of rotatable bonds is 8. The van der Waals surface area contributed by atoms with Gasteiger partial charge in [-0.25, -0.2) is 0 Å². The van der Waals surface area contributed by atoms with Gasteiger partial charge in [0.25, 0.3) is 5.91 Å². The summed E-state index contributed by atoms with van der Waals surface area (Å²) < 4.78 is 4.90. The Hall–Kier alpha value is -1.92. The van der Waals surface area contributed by atoms with Crippen molar-refractivity contribution in [3.8, 4) is 0 Å². The molecule has 1 saturated carbocycles. The van der Waals surface area contributed by atoms with Gasteiger partial charge in [0.15, 0.2) is 0 Å². The Labute approximate surface area is 143 Å². The lowest BCUT2D eigenvalue weighted by molar-refractivity contribution is -0.115. The van der Waals surface area contributed by atoms with Crippen LogP contribution in [-0.4, -0.2) is 44.7 Å². The molecule has 0 saturated heterocycles. The summed E-state index contributed by atoms with van der Waals surface area (Å²) >= 11 is 0. The summed E-state index contributed by atoms with van der Waals surface area (Å²) in [7, 11) is 1.62. The van der Waals surface area contributed by atoms with Crippen molar-refractivity contribution >= 4 is 17.5 Å². The normalized spacial score (nSPS) is 15.0. The average molecular weight is 333 g/mol. The number of hydrogen-bond acceptors (Lipinski definition) is 4. The van der Waals surface area contributed by atoms with E-state index in [1.165, 1.54) is 19.3 Å². The molecule has 24 heavy (non-hydrogen) atoms. The number of methoxy groups -OCH3 is 1. The molecule has 1 aromatic carbocycles. The zero-order valence-corrected chi connectivity index (χ0v) is 14.3. The molecule has 6 nitrogen and oxygen atoms in total. The van der Waals surface area contributed by atoms with Gasteiger partial charge in [-0.3, -0.25) is 9.59 Å². The van der Waals surface area contributed by atoms with Crippen molar-refractivity contribution in [1.82, 2.24) is 10.6 Å². The van der Waals surface area contributed by atoms with E-state index in [0.29, 0.717) is 30.4 Å². The molecular weight excluding hydrogens is 306 g/mol. The van der Waals surface area contributed by atoms with Crippen molar-refractivity contribution < 1.29 is 14.3 Å². The van der Waals surface area contributed by atoms with Crippen molar-refractivity contribution in [2.45, 2.75) is 38.1 Å². The molecule has 1 aliphatic carbocycles. The first-order chi connectivity index (χ1) is 11.7. The number of anilines is 1. The van der Waals surface area contributed by atoms with Crippen LogP contribution in [0.1, 0.15) is 42.5 Å². The summed E-state index contributed by atoms with van der Waals surface area (Å²) in [5, 5.41) is 8.86. The highest BCUT2D eigenvalue weighted by Crippen LogP contribution is 2.18. The maximum absolute atomic E-state index is 12.2. The first-order valence-corrected chi connectivity index (χ1v) is 8.59. The number of ether oxygens (including phenoxy) is 1. The second-order valence-electron chi connectivity index (χ2n) is 6.10. The van der Waals surface area contributed by atoms with E-state index in [-0.39, 0.29) is 18.4 Å². The Morgan fingerprint density at radius 1 is 1.12 bits per heavy atom. The van der Waals surface area contributed by atoms with Gasteiger partial charge in [-0.15, -0.1) is 0 Å². The number of amides is 2. The third kappa shape index (κ3) is 6.29. The molecule has 2 rings (SSSR count). The standard InChI is InChI=1S/C18H27N3O3/c1-24-12-11-19-13-17(22)20-16-9-7-14(8-10-16)18(23)21-15-5-3-2-4-6-15/h7-10,15,19H,2-6,11-13H2,1H3,(H,20,22)(H,21,23). The molecular formula is C18H27N3O3. The third-order valence-electron chi connectivity index (χ3n) is 4.14. The summed E-state index contributed by atoms with van der Waals surface area (Å²) in [4.78, 5) is 24.0. The van der Waals surface area contributed by atoms with E-state index in [1.54, 1.807) is 31.4 Å². The van der Waals surface area contributed by atoms with Crippen molar-refractivity contribution in [1.29, 1.82) is 0 Å². The summed E-state index contributed by atoms with van der Waals surface area (Å²) in [5.41, 5.74) is 1.31. The minimum atomic E-state index is -0.120. The molecule has 6 heteroatoms. The van der Waals surface area contributed by atoms with E-state index in [0.717, 1.165) is 12.8 Å². The average Bonchev–Trinajstić information content (AvgIpc) is 2.60. The minimum absolute atomic E-state index is 0.0407. The fraction of sp³-hybridized carbons (Fsp3) is 0.556. The SMILES string of the molecule is COCCNCC(=O)Nc1ccc(C(=O)NC2CCCCC2)cc1. The van der Waals surface area contributed by atoms with Crippen LogP contribution in [0, 0.1) is 0 Å². The van der Waals surface area contributed by atoms with E-state index in [2.05, 4.69) is 16.0 Å². The van der Waals surface area contributed by atoms with Crippen LogP contribution in [0.25, 0.3) is 0 Å². The fourth-order valence-electron chi connectivity index (χ4n) is 2.80. The molecule has 2 amide bonds. The monoisotopic (exact) mass is 333 g/mol. The number of carbonyl (C=O) groups is 2. The zero-order chi connectivity index (χ0) is 17.2. The highest BCUT2D eigenvalue weighted by atomic mass is 16.5.